The number of carbonyl (C=O) groups excluding carboxylic acids is 2. The maximum Gasteiger partial charge on any atom is 0.312 e. The van der Waals surface area contributed by atoms with E-state index >= 15 is 0 Å². The number of nitrogens with one attached hydrogen (secondary N) is 2. The van der Waals surface area contributed by atoms with Crippen molar-refractivity contribution in [3.8, 4) is 0 Å². The van der Waals surface area contributed by atoms with Crippen LogP contribution in [0.3, 0.4) is 0 Å². The molecule has 2 aromatic heterocycles. The van der Waals surface area contributed by atoms with Gasteiger partial charge in [0.25, 0.3) is 11.8 Å². The zero-order valence-corrected chi connectivity index (χ0v) is 19.2. The lowest BCUT2D eigenvalue weighted by molar-refractivity contribution is -0.386. The molecule has 0 unspecified atom stereocenters. The summed E-state index contributed by atoms with van der Waals surface area (Å²) in [6, 6.07) is 6.88. The van der Waals surface area contributed by atoms with Gasteiger partial charge in [0.05, 0.1) is 23.4 Å². The molecular formula is C22H27N7O4. The second-order valence-corrected chi connectivity index (χ2v) is 8.22. The molecule has 0 aliphatic heterocycles. The van der Waals surface area contributed by atoms with Crippen LogP contribution in [-0.2, 0) is 13.6 Å². The number of carbonyl (C=O) groups is 2. The van der Waals surface area contributed by atoms with Crippen LogP contribution in [0.15, 0.2) is 30.5 Å². The Labute approximate surface area is 190 Å². The van der Waals surface area contributed by atoms with Gasteiger partial charge in [0.15, 0.2) is 0 Å². The molecule has 0 bridgehead atoms. The first-order chi connectivity index (χ1) is 15.6. The van der Waals surface area contributed by atoms with Gasteiger partial charge in [-0.15, -0.1) is 0 Å². The molecule has 0 aliphatic rings. The topological polar surface area (TPSA) is 137 Å². The van der Waals surface area contributed by atoms with E-state index in [4.69, 9.17) is 0 Å². The molecule has 0 spiro atoms. The molecule has 3 rings (SSSR count). The highest BCUT2D eigenvalue weighted by atomic mass is 16.6. The fourth-order valence-corrected chi connectivity index (χ4v) is 3.46. The number of hydrogen-bond donors (Lipinski definition) is 2. The lowest BCUT2D eigenvalue weighted by atomic mass is 10.1. The third-order valence-corrected chi connectivity index (χ3v) is 5.12. The summed E-state index contributed by atoms with van der Waals surface area (Å²) in [6.45, 7) is 7.99. The number of aryl methyl sites for hydroxylation is 2. The average Bonchev–Trinajstić information content (AvgIpc) is 3.24. The fourth-order valence-electron chi connectivity index (χ4n) is 3.46. The summed E-state index contributed by atoms with van der Waals surface area (Å²) in [4.78, 5) is 36.2. The second kappa shape index (κ2) is 9.63. The van der Waals surface area contributed by atoms with Crippen LogP contribution in [0.2, 0.25) is 0 Å². The van der Waals surface area contributed by atoms with E-state index in [1.54, 1.807) is 43.8 Å². The Kier molecular flexibility index (Phi) is 6.90. The highest BCUT2D eigenvalue weighted by molar-refractivity contribution is 6.08. The van der Waals surface area contributed by atoms with Gasteiger partial charge in [-0.1, -0.05) is 26.0 Å². The summed E-state index contributed by atoms with van der Waals surface area (Å²) >= 11 is 0. The van der Waals surface area contributed by atoms with E-state index in [1.807, 2.05) is 19.9 Å². The molecule has 2 heterocycles. The van der Waals surface area contributed by atoms with E-state index in [9.17, 15) is 19.7 Å². The largest absolute Gasteiger partial charge is 0.350 e. The van der Waals surface area contributed by atoms with Crippen molar-refractivity contribution in [1.29, 1.82) is 0 Å². The van der Waals surface area contributed by atoms with Gasteiger partial charge in [0, 0.05) is 19.2 Å². The number of benzene rings is 1. The smallest absolute Gasteiger partial charge is 0.312 e. The monoisotopic (exact) mass is 453 g/mol. The number of amides is 2. The van der Waals surface area contributed by atoms with Crippen molar-refractivity contribution in [3.05, 3.63) is 68.8 Å². The molecular weight excluding hydrogens is 426 g/mol. The minimum absolute atomic E-state index is 0.0104. The number of rotatable bonds is 8. The van der Waals surface area contributed by atoms with Crippen molar-refractivity contribution in [2.45, 2.75) is 34.2 Å². The van der Waals surface area contributed by atoms with Crippen LogP contribution in [0.1, 0.15) is 51.6 Å². The van der Waals surface area contributed by atoms with Gasteiger partial charge in [-0.05, 0) is 37.5 Å². The van der Waals surface area contributed by atoms with Crippen molar-refractivity contribution in [1.82, 2.24) is 24.9 Å². The second-order valence-electron chi connectivity index (χ2n) is 8.22. The molecule has 0 aliphatic carbocycles. The van der Waals surface area contributed by atoms with Gasteiger partial charge in [-0.3, -0.25) is 29.1 Å². The molecule has 0 radical (unpaired) electrons. The van der Waals surface area contributed by atoms with Crippen LogP contribution >= 0.6 is 0 Å². The third kappa shape index (κ3) is 5.25. The Balaban J connectivity index is 1.78. The van der Waals surface area contributed by atoms with Crippen LogP contribution < -0.4 is 10.6 Å². The van der Waals surface area contributed by atoms with Crippen LogP contribution in [-0.4, -0.2) is 42.8 Å². The molecule has 2 N–H and O–H groups in total. The molecule has 174 valence electrons. The Morgan fingerprint density at radius 2 is 1.94 bits per heavy atom. The van der Waals surface area contributed by atoms with E-state index in [0.717, 1.165) is 5.56 Å². The maximum absolute atomic E-state index is 12.9. The maximum atomic E-state index is 12.9. The SMILES string of the molecule is Cc1nn(Cc2cccc(C(=O)Nc3cnn(C)c3C(=O)NCC(C)C)c2)c(C)c1[N+](=O)[O-]. The third-order valence-electron chi connectivity index (χ3n) is 5.12. The number of aromatic nitrogens is 4. The summed E-state index contributed by atoms with van der Waals surface area (Å²) in [5.41, 5.74) is 2.47. The Morgan fingerprint density at radius 3 is 2.58 bits per heavy atom. The zero-order valence-electron chi connectivity index (χ0n) is 19.2. The Bertz CT molecular complexity index is 1210. The van der Waals surface area contributed by atoms with Crippen molar-refractivity contribution in [3.63, 3.8) is 0 Å². The van der Waals surface area contributed by atoms with E-state index in [0.29, 0.717) is 29.2 Å². The standard InChI is InChI=1S/C22H27N7O4/c1-13(2)10-23-22(31)20-18(11-24-27(20)5)25-21(30)17-8-6-7-16(9-17)12-28-15(4)19(29(32)33)14(3)26-28/h6-9,11,13H,10,12H2,1-5H3,(H,23,31)(H,25,30). The predicted molar refractivity (Wildman–Crippen MR) is 122 cm³/mol. The molecule has 0 saturated carbocycles. The molecule has 0 atom stereocenters. The summed E-state index contributed by atoms with van der Waals surface area (Å²) in [7, 11) is 1.63. The number of nitro groups is 1. The molecule has 0 fully saturated rings. The fraction of sp³-hybridized carbons (Fsp3) is 0.364. The molecule has 2 amide bonds. The highest BCUT2D eigenvalue weighted by Crippen LogP contribution is 2.23. The summed E-state index contributed by atoms with van der Waals surface area (Å²) < 4.78 is 2.96. The molecule has 0 saturated heterocycles. The van der Waals surface area contributed by atoms with Crippen molar-refractivity contribution in [2.24, 2.45) is 13.0 Å². The quantitative estimate of drug-likeness (QED) is 0.397. The zero-order chi connectivity index (χ0) is 24.3. The van der Waals surface area contributed by atoms with Gasteiger partial charge < -0.3 is 10.6 Å². The first kappa shape index (κ1) is 23.6. The van der Waals surface area contributed by atoms with Crippen LogP contribution in [0, 0.1) is 29.9 Å². The number of anilines is 1. The number of hydrogen-bond acceptors (Lipinski definition) is 6. The van der Waals surface area contributed by atoms with Gasteiger partial charge >= 0.3 is 5.69 Å². The normalized spacial score (nSPS) is 11.0. The summed E-state index contributed by atoms with van der Waals surface area (Å²) in [5, 5.41) is 25.2. The molecule has 1 aromatic carbocycles. The first-order valence-corrected chi connectivity index (χ1v) is 10.5. The van der Waals surface area contributed by atoms with E-state index in [-0.39, 0.29) is 29.8 Å². The lowest BCUT2D eigenvalue weighted by Gasteiger charge is -2.11. The van der Waals surface area contributed by atoms with Crippen LogP contribution in [0.4, 0.5) is 11.4 Å². The lowest BCUT2D eigenvalue weighted by Crippen LogP contribution is -2.30. The predicted octanol–water partition coefficient (Wildman–Crippen LogP) is 2.83. The van der Waals surface area contributed by atoms with Gasteiger partial charge in [0.1, 0.15) is 17.1 Å². The first-order valence-electron chi connectivity index (χ1n) is 10.5. The van der Waals surface area contributed by atoms with Gasteiger partial charge in [-0.25, -0.2) is 0 Å². The summed E-state index contributed by atoms with van der Waals surface area (Å²) in [6.07, 6.45) is 1.43. The minimum Gasteiger partial charge on any atom is -0.350 e. The molecule has 11 nitrogen and oxygen atoms in total. The van der Waals surface area contributed by atoms with Gasteiger partial charge in [-0.2, -0.15) is 10.2 Å². The van der Waals surface area contributed by atoms with Gasteiger partial charge in [0.2, 0.25) is 0 Å². The van der Waals surface area contributed by atoms with Crippen molar-refractivity contribution < 1.29 is 14.5 Å². The summed E-state index contributed by atoms with van der Waals surface area (Å²) in [5.74, 6) is -0.437. The number of nitrogens with zero attached hydrogens (tertiary/aromatic N) is 5. The highest BCUT2D eigenvalue weighted by Gasteiger charge is 2.22. The Morgan fingerprint density at radius 1 is 1.21 bits per heavy atom. The van der Waals surface area contributed by atoms with E-state index < -0.39 is 10.8 Å². The van der Waals surface area contributed by atoms with E-state index in [2.05, 4.69) is 20.8 Å². The Hall–Kier alpha value is -4.02. The van der Waals surface area contributed by atoms with Crippen LogP contribution in [0.5, 0.6) is 0 Å². The van der Waals surface area contributed by atoms with Crippen LogP contribution in [0.25, 0.3) is 0 Å². The molecule has 3 aromatic rings. The minimum atomic E-state index is -0.444. The van der Waals surface area contributed by atoms with Crippen molar-refractivity contribution in [2.75, 3.05) is 11.9 Å². The van der Waals surface area contributed by atoms with E-state index in [1.165, 1.54) is 10.9 Å². The van der Waals surface area contributed by atoms with Crippen molar-refractivity contribution >= 4 is 23.2 Å². The molecule has 33 heavy (non-hydrogen) atoms. The average molecular weight is 454 g/mol. The molecule has 11 heteroatoms.